The second-order valence-electron chi connectivity index (χ2n) is 6.83. The lowest BCUT2D eigenvalue weighted by molar-refractivity contribution is 0.0994. The number of carbonyl (C=O) groups is 1. The maximum absolute atomic E-state index is 13.3. The number of hydrogen-bond donors (Lipinski definition) is 0. The van der Waals surface area contributed by atoms with Crippen LogP contribution < -0.4 is 5.56 Å². The number of Topliss-reactive ketones (excluding diaryl/α,β-unsaturated/α-hetero) is 1. The van der Waals surface area contributed by atoms with Gasteiger partial charge in [0.25, 0.3) is 5.56 Å². The second-order valence-corrected chi connectivity index (χ2v) is 9.05. The number of aromatic nitrogens is 3. The van der Waals surface area contributed by atoms with Gasteiger partial charge in [-0.1, -0.05) is 58.0 Å². The van der Waals surface area contributed by atoms with Crippen LogP contribution >= 0.6 is 27.7 Å². The molecule has 1 atom stereocenters. The number of aryl methyl sites for hydroxylation is 1. The first-order valence-corrected chi connectivity index (χ1v) is 11.0. The Hall–Kier alpha value is -2.77. The van der Waals surface area contributed by atoms with Gasteiger partial charge in [0.2, 0.25) is 0 Å². The van der Waals surface area contributed by atoms with Crippen LogP contribution in [0.4, 0.5) is 0 Å². The molecule has 0 saturated heterocycles. The van der Waals surface area contributed by atoms with E-state index in [2.05, 4.69) is 20.9 Å². The van der Waals surface area contributed by atoms with Gasteiger partial charge in [0.05, 0.1) is 16.2 Å². The normalized spacial score (nSPS) is 12.1. The standard InChI is InChI=1S/C23H18BrN3O2S/c1-14-6-5-13-25-21(14)27-22(29)18-7-3-4-8-19(18)26-23(27)30-15(2)20(28)16-9-11-17(24)12-10-16/h3-13,15H,1-2H3. The Morgan fingerprint density at radius 2 is 1.80 bits per heavy atom. The summed E-state index contributed by atoms with van der Waals surface area (Å²) in [6.45, 7) is 3.72. The van der Waals surface area contributed by atoms with Crippen molar-refractivity contribution in [2.75, 3.05) is 0 Å². The van der Waals surface area contributed by atoms with Crippen molar-refractivity contribution < 1.29 is 4.79 Å². The molecule has 2 aromatic carbocycles. The number of fused-ring (bicyclic) bond motifs is 1. The molecule has 7 heteroatoms. The molecule has 0 bridgehead atoms. The molecule has 0 radical (unpaired) electrons. The monoisotopic (exact) mass is 479 g/mol. The van der Waals surface area contributed by atoms with Crippen molar-refractivity contribution in [2.45, 2.75) is 24.3 Å². The molecule has 0 aliphatic heterocycles. The van der Waals surface area contributed by atoms with Crippen LogP contribution in [0.15, 0.2) is 81.3 Å². The average molecular weight is 480 g/mol. The van der Waals surface area contributed by atoms with Crippen molar-refractivity contribution in [1.82, 2.24) is 14.5 Å². The van der Waals surface area contributed by atoms with Crippen LogP contribution in [-0.2, 0) is 0 Å². The molecule has 2 heterocycles. The highest BCUT2D eigenvalue weighted by Crippen LogP contribution is 2.27. The summed E-state index contributed by atoms with van der Waals surface area (Å²) >= 11 is 4.65. The fourth-order valence-electron chi connectivity index (χ4n) is 3.15. The molecular weight excluding hydrogens is 462 g/mol. The number of thioether (sulfide) groups is 1. The minimum Gasteiger partial charge on any atom is -0.293 e. The zero-order valence-corrected chi connectivity index (χ0v) is 18.8. The quantitative estimate of drug-likeness (QED) is 0.223. The molecule has 1 unspecified atom stereocenters. The molecule has 150 valence electrons. The Bertz CT molecular complexity index is 1300. The van der Waals surface area contributed by atoms with Crippen molar-refractivity contribution in [3.63, 3.8) is 0 Å². The van der Waals surface area contributed by atoms with E-state index >= 15 is 0 Å². The Kier molecular flexibility index (Phi) is 5.83. The van der Waals surface area contributed by atoms with Crippen LogP contribution in [0.25, 0.3) is 16.7 Å². The van der Waals surface area contributed by atoms with Crippen LogP contribution in [0.5, 0.6) is 0 Å². The first kappa shape index (κ1) is 20.5. The molecular formula is C23H18BrN3O2S. The summed E-state index contributed by atoms with van der Waals surface area (Å²) in [6, 6.07) is 18.2. The summed E-state index contributed by atoms with van der Waals surface area (Å²) in [5.74, 6) is 0.491. The van der Waals surface area contributed by atoms with E-state index in [1.54, 1.807) is 30.5 Å². The summed E-state index contributed by atoms with van der Waals surface area (Å²) < 4.78 is 2.42. The minimum atomic E-state index is -0.436. The third kappa shape index (κ3) is 3.95. The molecule has 0 aliphatic carbocycles. The number of para-hydroxylation sites is 1. The number of rotatable bonds is 5. The van der Waals surface area contributed by atoms with E-state index < -0.39 is 5.25 Å². The number of pyridine rings is 1. The third-order valence-corrected chi connectivity index (χ3v) is 6.30. The largest absolute Gasteiger partial charge is 0.293 e. The zero-order valence-electron chi connectivity index (χ0n) is 16.4. The molecule has 0 saturated carbocycles. The lowest BCUT2D eigenvalue weighted by Gasteiger charge is -2.16. The summed E-state index contributed by atoms with van der Waals surface area (Å²) in [7, 11) is 0. The Balaban J connectivity index is 1.82. The van der Waals surface area contributed by atoms with Gasteiger partial charge in [-0.05, 0) is 49.7 Å². The van der Waals surface area contributed by atoms with Crippen LogP contribution in [0.1, 0.15) is 22.8 Å². The van der Waals surface area contributed by atoms with E-state index in [-0.39, 0.29) is 11.3 Å². The number of ketones is 1. The average Bonchev–Trinajstić information content (AvgIpc) is 2.75. The smallest absolute Gasteiger partial charge is 0.267 e. The first-order chi connectivity index (χ1) is 14.5. The molecule has 0 spiro atoms. The Morgan fingerprint density at radius 1 is 1.07 bits per heavy atom. The maximum atomic E-state index is 13.3. The highest BCUT2D eigenvalue weighted by molar-refractivity contribution is 9.10. The van der Waals surface area contributed by atoms with Gasteiger partial charge >= 0.3 is 0 Å². The van der Waals surface area contributed by atoms with Crippen molar-refractivity contribution in [3.8, 4) is 5.82 Å². The number of hydrogen-bond acceptors (Lipinski definition) is 5. The topological polar surface area (TPSA) is 64.8 Å². The van der Waals surface area contributed by atoms with Gasteiger partial charge in [0, 0.05) is 16.2 Å². The predicted molar refractivity (Wildman–Crippen MR) is 124 cm³/mol. The maximum Gasteiger partial charge on any atom is 0.267 e. The molecule has 0 N–H and O–H groups in total. The lowest BCUT2D eigenvalue weighted by Crippen LogP contribution is -2.25. The molecule has 4 aromatic rings. The van der Waals surface area contributed by atoms with Crippen LogP contribution in [-0.4, -0.2) is 25.6 Å². The predicted octanol–water partition coefficient (Wildman–Crippen LogP) is 5.22. The Morgan fingerprint density at radius 3 is 2.53 bits per heavy atom. The van der Waals surface area contributed by atoms with Crippen molar-refractivity contribution >= 4 is 44.4 Å². The molecule has 4 rings (SSSR count). The fraction of sp³-hybridized carbons (Fsp3) is 0.130. The number of benzene rings is 2. The van der Waals surface area contributed by atoms with Gasteiger partial charge < -0.3 is 0 Å². The third-order valence-electron chi connectivity index (χ3n) is 4.72. The van der Waals surface area contributed by atoms with E-state index in [0.29, 0.717) is 27.4 Å². The van der Waals surface area contributed by atoms with E-state index in [1.165, 1.54) is 16.3 Å². The van der Waals surface area contributed by atoms with Gasteiger partial charge in [-0.2, -0.15) is 0 Å². The molecule has 2 aromatic heterocycles. The second kappa shape index (κ2) is 8.53. The molecule has 30 heavy (non-hydrogen) atoms. The molecule has 0 aliphatic rings. The zero-order chi connectivity index (χ0) is 21.3. The van der Waals surface area contributed by atoms with Gasteiger partial charge in [0.1, 0.15) is 5.82 Å². The number of nitrogens with zero attached hydrogens (tertiary/aromatic N) is 3. The van der Waals surface area contributed by atoms with Crippen molar-refractivity contribution in [1.29, 1.82) is 0 Å². The van der Waals surface area contributed by atoms with Gasteiger partial charge in [0.15, 0.2) is 10.9 Å². The summed E-state index contributed by atoms with van der Waals surface area (Å²) in [5.41, 5.74) is 1.86. The molecule has 0 fully saturated rings. The lowest BCUT2D eigenvalue weighted by atomic mass is 10.1. The Labute approximate surface area is 186 Å². The van der Waals surface area contributed by atoms with Crippen LogP contribution in [0.3, 0.4) is 0 Å². The van der Waals surface area contributed by atoms with Gasteiger partial charge in [-0.25, -0.2) is 14.5 Å². The summed E-state index contributed by atoms with van der Waals surface area (Å²) in [5, 5.41) is 0.520. The van der Waals surface area contributed by atoms with Gasteiger partial charge in [-0.3, -0.25) is 9.59 Å². The van der Waals surface area contributed by atoms with E-state index in [4.69, 9.17) is 4.98 Å². The fourth-order valence-corrected chi connectivity index (χ4v) is 4.40. The number of carbonyl (C=O) groups excluding carboxylic acids is 1. The molecule has 0 amide bonds. The first-order valence-electron chi connectivity index (χ1n) is 9.36. The van der Waals surface area contributed by atoms with Crippen LogP contribution in [0, 0.1) is 6.92 Å². The SMILES string of the molecule is Cc1cccnc1-n1c(SC(C)C(=O)c2ccc(Br)cc2)nc2ccccc2c1=O. The summed E-state index contributed by atoms with van der Waals surface area (Å²) in [4.78, 5) is 35.4. The highest BCUT2D eigenvalue weighted by Gasteiger charge is 2.22. The molecule has 5 nitrogen and oxygen atoms in total. The van der Waals surface area contributed by atoms with Crippen molar-refractivity contribution in [2.24, 2.45) is 0 Å². The van der Waals surface area contributed by atoms with Crippen molar-refractivity contribution in [3.05, 3.63) is 92.8 Å². The minimum absolute atomic E-state index is 0.0285. The highest BCUT2D eigenvalue weighted by atomic mass is 79.9. The van der Waals surface area contributed by atoms with Crippen LogP contribution in [0.2, 0.25) is 0 Å². The van der Waals surface area contributed by atoms with E-state index in [1.807, 2.05) is 50.2 Å². The van der Waals surface area contributed by atoms with Gasteiger partial charge in [-0.15, -0.1) is 0 Å². The number of halogens is 1. The van der Waals surface area contributed by atoms with E-state index in [9.17, 15) is 9.59 Å². The summed E-state index contributed by atoms with van der Waals surface area (Å²) in [6.07, 6.45) is 1.65. The van der Waals surface area contributed by atoms with E-state index in [0.717, 1.165) is 10.0 Å².